The molecule has 0 saturated carbocycles. The Morgan fingerprint density at radius 3 is 2.65 bits per heavy atom. The summed E-state index contributed by atoms with van der Waals surface area (Å²) in [6, 6.07) is 0. The first-order chi connectivity index (χ1) is 12.5. The molecule has 0 atom stereocenters. The Hall–Kier alpha value is -3.24. The Labute approximate surface area is 147 Å². The summed E-state index contributed by atoms with van der Waals surface area (Å²) < 4.78 is 4.70. The van der Waals surface area contributed by atoms with E-state index in [1.54, 1.807) is 4.57 Å². The van der Waals surface area contributed by atoms with Crippen LogP contribution in [0.5, 0.6) is 0 Å². The minimum Gasteiger partial charge on any atom is -0.358 e. The molecule has 1 N–H and O–H groups in total. The van der Waals surface area contributed by atoms with Crippen LogP contribution < -0.4 is 11.2 Å². The summed E-state index contributed by atoms with van der Waals surface area (Å²) in [6.45, 7) is 5.00. The molecule has 3 aromatic heterocycles. The van der Waals surface area contributed by atoms with Gasteiger partial charge in [0.1, 0.15) is 12.0 Å². The SMILES string of the molecule is CCCCn1c(=O)[nH]c(=O)c2c1nc(Cn1cnc([N+](=O)[O-])c1)n2CC. The Morgan fingerprint density at radius 1 is 1.27 bits per heavy atom. The molecule has 3 aromatic rings. The average molecular weight is 361 g/mol. The number of nitrogens with one attached hydrogen (secondary N) is 1. The van der Waals surface area contributed by atoms with Crippen molar-refractivity contribution < 1.29 is 4.92 Å². The van der Waals surface area contributed by atoms with Gasteiger partial charge in [-0.2, -0.15) is 0 Å². The summed E-state index contributed by atoms with van der Waals surface area (Å²) in [4.78, 5) is 45.3. The quantitative estimate of drug-likeness (QED) is 0.490. The van der Waals surface area contributed by atoms with Crippen LogP contribution in [0, 0.1) is 10.1 Å². The van der Waals surface area contributed by atoms with Gasteiger partial charge in [0.15, 0.2) is 11.2 Å². The molecule has 138 valence electrons. The van der Waals surface area contributed by atoms with Crippen molar-refractivity contribution in [3.63, 3.8) is 0 Å². The molecule has 0 fully saturated rings. The van der Waals surface area contributed by atoms with Crippen molar-refractivity contribution in [3.8, 4) is 0 Å². The van der Waals surface area contributed by atoms with Crippen LogP contribution in [-0.2, 0) is 19.6 Å². The van der Waals surface area contributed by atoms with Gasteiger partial charge in [0.25, 0.3) is 5.56 Å². The topological polar surface area (TPSA) is 134 Å². The number of unbranched alkanes of at least 4 members (excludes halogenated alkanes) is 1. The molecule has 0 aliphatic heterocycles. The number of imidazole rings is 2. The van der Waals surface area contributed by atoms with Crippen LogP contribution in [0.3, 0.4) is 0 Å². The zero-order valence-electron chi connectivity index (χ0n) is 14.5. The first-order valence-electron chi connectivity index (χ1n) is 8.34. The number of hydrogen-bond donors (Lipinski definition) is 1. The highest BCUT2D eigenvalue weighted by Gasteiger charge is 2.19. The second kappa shape index (κ2) is 6.94. The van der Waals surface area contributed by atoms with Crippen molar-refractivity contribution in [2.24, 2.45) is 0 Å². The molecule has 0 radical (unpaired) electrons. The van der Waals surface area contributed by atoms with Crippen LogP contribution >= 0.6 is 0 Å². The van der Waals surface area contributed by atoms with Gasteiger partial charge < -0.3 is 19.2 Å². The maximum atomic E-state index is 12.3. The van der Waals surface area contributed by atoms with Gasteiger partial charge in [0, 0.05) is 13.1 Å². The van der Waals surface area contributed by atoms with Crippen molar-refractivity contribution in [2.75, 3.05) is 0 Å². The monoisotopic (exact) mass is 361 g/mol. The van der Waals surface area contributed by atoms with E-state index >= 15 is 0 Å². The zero-order chi connectivity index (χ0) is 18.8. The summed E-state index contributed by atoms with van der Waals surface area (Å²) in [5, 5.41) is 10.8. The van der Waals surface area contributed by atoms with Crippen LogP contribution in [0.1, 0.15) is 32.5 Å². The molecule has 3 rings (SSSR count). The van der Waals surface area contributed by atoms with Crippen molar-refractivity contribution in [2.45, 2.75) is 46.3 Å². The summed E-state index contributed by atoms with van der Waals surface area (Å²) in [6.07, 6.45) is 4.32. The van der Waals surface area contributed by atoms with E-state index in [0.717, 1.165) is 12.8 Å². The summed E-state index contributed by atoms with van der Waals surface area (Å²) in [5.41, 5.74) is -0.317. The molecule has 0 unspecified atom stereocenters. The van der Waals surface area contributed by atoms with Gasteiger partial charge in [-0.1, -0.05) is 13.3 Å². The molecule has 26 heavy (non-hydrogen) atoms. The lowest BCUT2D eigenvalue weighted by Gasteiger charge is -2.06. The fraction of sp³-hybridized carbons (Fsp3) is 0.467. The second-order valence-electron chi connectivity index (χ2n) is 5.87. The van der Waals surface area contributed by atoms with Crippen molar-refractivity contribution in [1.82, 2.24) is 28.7 Å². The number of rotatable bonds is 7. The minimum atomic E-state index is -0.577. The minimum absolute atomic E-state index is 0.199. The van der Waals surface area contributed by atoms with Crippen LogP contribution in [0.2, 0.25) is 0 Å². The van der Waals surface area contributed by atoms with Gasteiger partial charge in [-0.05, 0) is 23.3 Å². The van der Waals surface area contributed by atoms with E-state index in [4.69, 9.17) is 0 Å². The molecule has 0 spiro atoms. The number of nitrogens with zero attached hydrogens (tertiary/aromatic N) is 6. The van der Waals surface area contributed by atoms with E-state index in [0.29, 0.717) is 30.1 Å². The smallest absolute Gasteiger partial charge is 0.358 e. The van der Waals surface area contributed by atoms with E-state index < -0.39 is 16.2 Å². The third-order valence-electron chi connectivity index (χ3n) is 4.15. The van der Waals surface area contributed by atoms with Gasteiger partial charge in [-0.3, -0.25) is 14.3 Å². The maximum Gasteiger partial charge on any atom is 0.381 e. The summed E-state index contributed by atoms with van der Waals surface area (Å²) in [7, 11) is 0. The molecule has 0 amide bonds. The van der Waals surface area contributed by atoms with Gasteiger partial charge in [-0.15, -0.1) is 0 Å². The molecule has 11 heteroatoms. The lowest BCUT2D eigenvalue weighted by molar-refractivity contribution is -0.389. The number of aromatic nitrogens is 6. The van der Waals surface area contributed by atoms with Gasteiger partial charge in [0.2, 0.25) is 6.33 Å². The highest BCUT2D eigenvalue weighted by atomic mass is 16.6. The zero-order valence-corrected chi connectivity index (χ0v) is 14.5. The lowest BCUT2D eigenvalue weighted by atomic mass is 10.3. The standard InChI is InChI=1S/C15H19N7O4/c1-3-5-6-21-13-12(14(23)18-15(21)24)20(4-2)11(17-13)8-19-7-10(16-9-19)22(25)26/h7,9H,3-6,8H2,1-2H3,(H,18,23,24). The highest BCUT2D eigenvalue weighted by Crippen LogP contribution is 2.14. The molecule has 11 nitrogen and oxygen atoms in total. The number of nitro groups is 1. The van der Waals surface area contributed by atoms with E-state index in [2.05, 4.69) is 15.0 Å². The largest absolute Gasteiger partial charge is 0.381 e. The van der Waals surface area contributed by atoms with Crippen molar-refractivity contribution in [3.05, 3.63) is 49.3 Å². The Morgan fingerprint density at radius 2 is 2.04 bits per heavy atom. The number of hydrogen-bond acceptors (Lipinski definition) is 6. The predicted molar refractivity (Wildman–Crippen MR) is 93.2 cm³/mol. The van der Waals surface area contributed by atoms with E-state index in [9.17, 15) is 19.7 Å². The lowest BCUT2D eigenvalue weighted by Crippen LogP contribution is -2.31. The Bertz CT molecular complexity index is 1070. The number of aromatic amines is 1. The number of aryl methyl sites for hydroxylation is 2. The van der Waals surface area contributed by atoms with Crippen molar-refractivity contribution in [1.29, 1.82) is 0 Å². The Balaban J connectivity index is 2.13. The maximum absolute atomic E-state index is 12.3. The fourth-order valence-electron chi connectivity index (χ4n) is 2.89. The highest BCUT2D eigenvalue weighted by molar-refractivity contribution is 5.71. The molecular weight excluding hydrogens is 342 g/mol. The van der Waals surface area contributed by atoms with Crippen LogP contribution in [0.15, 0.2) is 22.1 Å². The van der Waals surface area contributed by atoms with Gasteiger partial charge in [0.05, 0.1) is 6.54 Å². The molecule has 0 aliphatic carbocycles. The third kappa shape index (κ3) is 3.03. The van der Waals surface area contributed by atoms with Gasteiger partial charge >= 0.3 is 11.5 Å². The molecule has 0 bridgehead atoms. The first-order valence-corrected chi connectivity index (χ1v) is 8.34. The molecule has 0 saturated heterocycles. The van der Waals surface area contributed by atoms with Crippen LogP contribution in [0.25, 0.3) is 11.2 Å². The molecule has 0 aromatic carbocycles. The van der Waals surface area contributed by atoms with E-state index in [1.807, 2.05) is 13.8 Å². The van der Waals surface area contributed by atoms with Crippen LogP contribution in [0.4, 0.5) is 5.82 Å². The van der Waals surface area contributed by atoms with Gasteiger partial charge in [-0.25, -0.2) is 9.78 Å². The fourth-order valence-corrected chi connectivity index (χ4v) is 2.89. The normalized spacial score (nSPS) is 11.3. The first kappa shape index (κ1) is 17.6. The molecule has 3 heterocycles. The Kier molecular flexibility index (Phi) is 4.69. The number of H-pyrrole nitrogens is 1. The molecule has 0 aliphatic rings. The molecular formula is C15H19N7O4. The average Bonchev–Trinajstić information content (AvgIpc) is 3.20. The van der Waals surface area contributed by atoms with E-state index in [1.165, 1.54) is 21.7 Å². The second-order valence-corrected chi connectivity index (χ2v) is 5.87. The summed E-state index contributed by atoms with van der Waals surface area (Å²) >= 11 is 0. The third-order valence-corrected chi connectivity index (χ3v) is 4.15. The number of fused-ring (bicyclic) bond motifs is 1. The van der Waals surface area contributed by atoms with Crippen LogP contribution in [-0.4, -0.2) is 33.6 Å². The predicted octanol–water partition coefficient (Wildman–Crippen LogP) is 0.859. The van der Waals surface area contributed by atoms with Crippen molar-refractivity contribution >= 4 is 17.0 Å². The van der Waals surface area contributed by atoms with E-state index in [-0.39, 0.29) is 12.4 Å². The summed E-state index contributed by atoms with van der Waals surface area (Å²) in [5.74, 6) is 0.262.